The molecule has 2 N–H and O–H groups in total. The van der Waals surface area contributed by atoms with Crippen LogP contribution in [0.2, 0.25) is 0 Å². The second-order valence-electron chi connectivity index (χ2n) is 5.38. The van der Waals surface area contributed by atoms with Crippen molar-refractivity contribution in [2.45, 2.75) is 39.0 Å². The van der Waals surface area contributed by atoms with Gasteiger partial charge >= 0.3 is 0 Å². The monoisotopic (exact) mass is 248 g/mol. The van der Waals surface area contributed by atoms with Crippen molar-refractivity contribution in [3.8, 4) is 0 Å². The predicted molar refractivity (Wildman–Crippen MR) is 75.8 cm³/mol. The fourth-order valence-corrected chi connectivity index (χ4v) is 2.59. The molecular formula is C14H24N4. The molecule has 1 aliphatic rings. The second kappa shape index (κ2) is 6.57. The van der Waals surface area contributed by atoms with Crippen LogP contribution in [0.15, 0.2) is 12.4 Å². The molecule has 18 heavy (non-hydrogen) atoms. The van der Waals surface area contributed by atoms with E-state index in [1.165, 1.54) is 32.1 Å². The molecule has 0 spiro atoms. The number of rotatable bonds is 5. The first kappa shape index (κ1) is 13.1. The van der Waals surface area contributed by atoms with Gasteiger partial charge in [-0.05, 0) is 18.3 Å². The van der Waals surface area contributed by atoms with Crippen molar-refractivity contribution in [3.63, 3.8) is 0 Å². The van der Waals surface area contributed by atoms with Crippen molar-refractivity contribution >= 4 is 11.6 Å². The van der Waals surface area contributed by atoms with Gasteiger partial charge in [0.25, 0.3) is 0 Å². The smallest absolute Gasteiger partial charge is 0.146 e. The van der Waals surface area contributed by atoms with Crippen LogP contribution in [-0.2, 0) is 0 Å². The maximum atomic E-state index is 4.40. The molecule has 1 aromatic rings. The summed E-state index contributed by atoms with van der Waals surface area (Å²) in [4.78, 5) is 8.54. The molecule has 0 atom stereocenters. The summed E-state index contributed by atoms with van der Waals surface area (Å²) in [5.41, 5.74) is 0. The third-order valence-electron chi connectivity index (χ3n) is 3.88. The molecule has 1 heterocycles. The molecule has 1 fully saturated rings. The summed E-state index contributed by atoms with van der Waals surface area (Å²) in [6.45, 7) is 3.37. The average molecular weight is 248 g/mol. The van der Waals surface area contributed by atoms with Crippen LogP contribution in [-0.4, -0.2) is 23.6 Å². The fourth-order valence-electron chi connectivity index (χ4n) is 2.59. The van der Waals surface area contributed by atoms with Crippen molar-refractivity contribution in [2.24, 2.45) is 11.8 Å². The van der Waals surface area contributed by atoms with Crippen LogP contribution in [0.5, 0.6) is 0 Å². The molecule has 1 aromatic heterocycles. The maximum Gasteiger partial charge on any atom is 0.146 e. The van der Waals surface area contributed by atoms with E-state index >= 15 is 0 Å². The Hall–Kier alpha value is -1.32. The highest BCUT2D eigenvalue weighted by molar-refractivity contribution is 5.40. The van der Waals surface area contributed by atoms with Gasteiger partial charge in [0.05, 0.1) is 12.4 Å². The summed E-state index contributed by atoms with van der Waals surface area (Å²) in [5.74, 6) is 3.51. The van der Waals surface area contributed by atoms with Gasteiger partial charge in [0.2, 0.25) is 0 Å². The summed E-state index contributed by atoms with van der Waals surface area (Å²) in [7, 11) is 1.86. The molecular weight excluding hydrogens is 224 g/mol. The van der Waals surface area contributed by atoms with E-state index in [4.69, 9.17) is 0 Å². The predicted octanol–water partition coefficient (Wildman–Crippen LogP) is 3.15. The highest BCUT2D eigenvalue weighted by Gasteiger charge is 2.17. The van der Waals surface area contributed by atoms with Crippen LogP contribution < -0.4 is 10.6 Å². The molecule has 100 valence electrons. The topological polar surface area (TPSA) is 49.8 Å². The van der Waals surface area contributed by atoms with E-state index in [1.54, 1.807) is 12.4 Å². The van der Waals surface area contributed by atoms with Gasteiger partial charge in [-0.25, -0.2) is 4.98 Å². The molecule has 0 amide bonds. The van der Waals surface area contributed by atoms with Crippen LogP contribution in [0.3, 0.4) is 0 Å². The average Bonchev–Trinajstić information content (AvgIpc) is 2.41. The highest BCUT2D eigenvalue weighted by atomic mass is 15.1. The van der Waals surface area contributed by atoms with Gasteiger partial charge in [-0.1, -0.05) is 32.6 Å². The maximum absolute atomic E-state index is 4.40. The standard InChI is InChI=1S/C14H24N4/c1-11-3-5-12(6-4-11)7-8-17-14-10-16-9-13(15-2)18-14/h9-12H,3-8H2,1-2H3,(H2,15,17,18). The lowest BCUT2D eigenvalue weighted by atomic mass is 9.81. The Morgan fingerprint density at radius 3 is 2.61 bits per heavy atom. The van der Waals surface area contributed by atoms with Gasteiger partial charge in [-0.15, -0.1) is 0 Å². The summed E-state index contributed by atoms with van der Waals surface area (Å²) in [5, 5.41) is 6.36. The number of nitrogens with one attached hydrogen (secondary N) is 2. The zero-order chi connectivity index (χ0) is 12.8. The van der Waals surface area contributed by atoms with E-state index in [0.29, 0.717) is 0 Å². The Balaban J connectivity index is 1.71. The molecule has 0 bridgehead atoms. The quantitative estimate of drug-likeness (QED) is 0.840. The number of hydrogen-bond acceptors (Lipinski definition) is 4. The Labute approximate surface area is 110 Å². The fraction of sp³-hybridized carbons (Fsp3) is 0.714. The molecule has 4 nitrogen and oxygen atoms in total. The van der Waals surface area contributed by atoms with Crippen molar-refractivity contribution in [3.05, 3.63) is 12.4 Å². The van der Waals surface area contributed by atoms with E-state index in [1.807, 2.05) is 7.05 Å². The Morgan fingerprint density at radius 2 is 1.89 bits per heavy atom. The number of anilines is 2. The normalized spacial score (nSPS) is 23.7. The van der Waals surface area contributed by atoms with E-state index in [-0.39, 0.29) is 0 Å². The van der Waals surface area contributed by atoms with Gasteiger partial charge in [-0.2, -0.15) is 0 Å². The van der Waals surface area contributed by atoms with Crippen LogP contribution in [0, 0.1) is 11.8 Å². The van der Waals surface area contributed by atoms with E-state index in [2.05, 4.69) is 27.5 Å². The largest absolute Gasteiger partial charge is 0.372 e. The zero-order valence-corrected chi connectivity index (χ0v) is 11.4. The van der Waals surface area contributed by atoms with Crippen molar-refractivity contribution in [1.82, 2.24) is 9.97 Å². The van der Waals surface area contributed by atoms with Crippen LogP contribution in [0.4, 0.5) is 11.6 Å². The first-order valence-corrected chi connectivity index (χ1v) is 7.01. The number of hydrogen-bond donors (Lipinski definition) is 2. The van der Waals surface area contributed by atoms with Gasteiger partial charge in [0.1, 0.15) is 11.6 Å². The van der Waals surface area contributed by atoms with Gasteiger partial charge in [0.15, 0.2) is 0 Å². The molecule has 0 radical (unpaired) electrons. The SMILES string of the molecule is CNc1cncc(NCCC2CCC(C)CC2)n1. The summed E-state index contributed by atoms with van der Waals surface area (Å²) in [6, 6.07) is 0. The summed E-state index contributed by atoms with van der Waals surface area (Å²) < 4.78 is 0. The molecule has 1 aliphatic carbocycles. The van der Waals surface area contributed by atoms with Crippen LogP contribution in [0.25, 0.3) is 0 Å². The molecule has 0 aliphatic heterocycles. The first-order chi connectivity index (χ1) is 8.78. The third kappa shape index (κ3) is 3.86. The summed E-state index contributed by atoms with van der Waals surface area (Å²) >= 11 is 0. The zero-order valence-electron chi connectivity index (χ0n) is 11.4. The van der Waals surface area contributed by atoms with Gasteiger partial charge in [0, 0.05) is 13.6 Å². The van der Waals surface area contributed by atoms with Crippen molar-refractivity contribution in [2.75, 3.05) is 24.2 Å². The minimum absolute atomic E-state index is 0.812. The van der Waals surface area contributed by atoms with E-state index in [0.717, 1.165) is 30.0 Å². The minimum Gasteiger partial charge on any atom is -0.372 e. The number of aromatic nitrogens is 2. The van der Waals surface area contributed by atoms with Crippen molar-refractivity contribution < 1.29 is 0 Å². The number of nitrogens with zero attached hydrogens (tertiary/aromatic N) is 2. The Kier molecular flexibility index (Phi) is 4.79. The third-order valence-corrected chi connectivity index (χ3v) is 3.88. The van der Waals surface area contributed by atoms with Crippen LogP contribution >= 0.6 is 0 Å². The lowest BCUT2D eigenvalue weighted by molar-refractivity contribution is 0.282. The van der Waals surface area contributed by atoms with E-state index in [9.17, 15) is 0 Å². The molecule has 4 heteroatoms. The molecule has 2 rings (SSSR count). The van der Waals surface area contributed by atoms with E-state index < -0.39 is 0 Å². The Morgan fingerprint density at radius 1 is 1.17 bits per heavy atom. The van der Waals surface area contributed by atoms with Gasteiger partial charge < -0.3 is 10.6 Å². The molecule has 1 saturated carbocycles. The van der Waals surface area contributed by atoms with Gasteiger partial charge in [-0.3, -0.25) is 4.98 Å². The van der Waals surface area contributed by atoms with Crippen molar-refractivity contribution in [1.29, 1.82) is 0 Å². The summed E-state index contributed by atoms with van der Waals surface area (Å²) in [6.07, 6.45) is 10.4. The lowest BCUT2D eigenvalue weighted by Gasteiger charge is -2.26. The molecule has 0 saturated heterocycles. The van der Waals surface area contributed by atoms with Crippen LogP contribution in [0.1, 0.15) is 39.0 Å². The Bertz CT molecular complexity index is 359. The highest BCUT2D eigenvalue weighted by Crippen LogP contribution is 2.30. The molecule has 0 aromatic carbocycles. The molecule has 0 unspecified atom stereocenters. The minimum atomic E-state index is 0.812. The first-order valence-electron chi connectivity index (χ1n) is 7.01. The second-order valence-corrected chi connectivity index (χ2v) is 5.38. The lowest BCUT2D eigenvalue weighted by Crippen LogP contribution is -2.16.